The van der Waals surface area contributed by atoms with E-state index < -0.39 is 12.7 Å². The third-order valence-corrected chi connectivity index (χ3v) is 2.38. The van der Waals surface area contributed by atoms with Gasteiger partial charge in [-0.1, -0.05) is 18.7 Å². The van der Waals surface area contributed by atoms with Crippen molar-refractivity contribution in [3.63, 3.8) is 0 Å². The molecule has 92 valence electrons. The van der Waals surface area contributed by atoms with Crippen molar-refractivity contribution in [1.82, 2.24) is 0 Å². The molecule has 0 amide bonds. The number of anilines is 1. The molecule has 1 aromatic rings. The maximum Gasteiger partial charge on any atom is 0.105 e. The Bertz CT molecular complexity index is 373. The number of nitrogens with zero attached hydrogens (tertiary/aromatic N) is 2. The molecule has 2 N–H and O–H groups in total. The molecule has 0 heterocycles. The van der Waals surface area contributed by atoms with Gasteiger partial charge in [0.15, 0.2) is 0 Å². The lowest BCUT2D eigenvalue weighted by atomic mass is 10.1. The fourth-order valence-electron chi connectivity index (χ4n) is 1.44. The lowest BCUT2D eigenvalue weighted by molar-refractivity contribution is 0.427. The fourth-order valence-corrected chi connectivity index (χ4v) is 1.44. The van der Waals surface area contributed by atoms with E-state index in [2.05, 4.69) is 11.6 Å². The normalized spacial score (nSPS) is 12.6. The number of hydrogen-bond acceptors (Lipinski definition) is 2. The van der Waals surface area contributed by atoms with E-state index in [-0.39, 0.29) is 0 Å². The molecule has 0 aliphatic rings. The number of aliphatic imine (C=N–C) groups is 1. The van der Waals surface area contributed by atoms with Gasteiger partial charge in [-0.2, -0.15) is 0 Å². The van der Waals surface area contributed by atoms with Crippen molar-refractivity contribution in [1.29, 1.82) is 0 Å². The molecule has 0 saturated heterocycles. The first kappa shape index (κ1) is 13.4. The van der Waals surface area contributed by atoms with Gasteiger partial charge in [0.1, 0.15) is 6.67 Å². The van der Waals surface area contributed by atoms with E-state index in [4.69, 9.17) is 5.73 Å². The van der Waals surface area contributed by atoms with E-state index in [0.29, 0.717) is 6.42 Å². The molecule has 0 saturated carbocycles. The Morgan fingerprint density at radius 1 is 1.47 bits per heavy atom. The van der Waals surface area contributed by atoms with Crippen LogP contribution in [0.5, 0.6) is 0 Å². The molecule has 0 radical (unpaired) electrons. The van der Waals surface area contributed by atoms with E-state index in [9.17, 15) is 4.39 Å². The molecule has 0 aromatic heterocycles. The third kappa shape index (κ3) is 4.36. The Balaban J connectivity index is 2.67. The summed E-state index contributed by atoms with van der Waals surface area (Å²) >= 11 is 0. The number of halogens is 1. The summed E-state index contributed by atoms with van der Waals surface area (Å²) in [5.74, 6) is 0. The Morgan fingerprint density at radius 2 is 2.12 bits per heavy atom. The zero-order valence-corrected chi connectivity index (χ0v) is 10.0. The highest BCUT2D eigenvalue weighted by molar-refractivity contribution is 5.78. The molecule has 0 fully saturated rings. The minimum absolute atomic E-state index is 0.416. The second-order valence-electron chi connectivity index (χ2n) is 3.84. The molecule has 1 atom stereocenters. The first-order valence-corrected chi connectivity index (χ1v) is 5.45. The average Bonchev–Trinajstić information content (AvgIpc) is 2.36. The minimum atomic E-state index is -0.492. The minimum Gasteiger partial charge on any atom is -0.336 e. The van der Waals surface area contributed by atoms with Gasteiger partial charge < -0.3 is 10.6 Å². The molecule has 1 aromatic carbocycles. The summed E-state index contributed by atoms with van der Waals surface area (Å²) in [6.45, 7) is 3.02. The maximum atomic E-state index is 12.3. The van der Waals surface area contributed by atoms with Crippen LogP contribution < -0.4 is 10.6 Å². The first-order chi connectivity index (χ1) is 8.17. The Labute approximate surface area is 101 Å². The van der Waals surface area contributed by atoms with Crippen molar-refractivity contribution in [3.05, 3.63) is 42.6 Å². The van der Waals surface area contributed by atoms with Crippen LogP contribution in [0.15, 0.2) is 42.0 Å². The van der Waals surface area contributed by atoms with Gasteiger partial charge >= 0.3 is 0 Å². The summed E-state index contributed by atoms with van der Waals surface area (Å²) in [7, 11) is 1.90. The van der Waals surface area contributed by atoms with Crippen LogP contribution in [0, 0.1) is 0 Å². The summed E-state index contributed by atoms with van der Waals surface area (Å²) in [6, 6.07) is 7.39. The molecule has 0 aliphatic heterocycles. The van der Waals surface area contributed by atoms with E-state index >= 15 is 0 Å². The second kappa shape index (κ2) is 6.81. The van der Waals surface area contributed by atoms with Gasteiger partial charge in [0, 0.05) is 25.0 Å². The number of benzene rings is 1. The van der Waals surface area contributed by atoms with Gasteiger partial charge in [-0.05, 0) is 24.1 Å². The lowest BCUT2D eigenvalue weighted by Crippen LogP contribution is -2.24. The van der Waals surface area contributed by atoms with Crippen molar-refractivity contribution < 1.29 is 4.39 Å². The predicted molar refractivity (Wildman–Crippen MR) is 71.2 cm³/mol. The number of rotatable bonds is 6. The van der Waals surface area contributed by atoms with Crippen LogP contribution in [0.2, 0.25) is 0 Å². The topological polar surface area (TPSA) is 41.6 Å². The van der Waals surface area contributed by atoms with Crippen molar-refractivity contribution in [2.24, 2.45) is 10.7 Å². The molecule has 4 heteroatoms. The second-order valence-corrected chi connectivity index (χ2v) is 3.84. The fraction of sp³-hybridized carbons (Fsp3) is 0.308. The Morgan fingerprint density at radius 3 is 2.65 bits per heavy atom. The molecule has 17 heavy (non-hydrogen) atoms. The van der Waals surface area contributed by atoms with Crippen LogP contribution in [-0.2, 0) is 6.42 Å². The quantitative estimate of drug-likeness (QED) is 0.606. The van der Waals surface area contributed by atoms with Crippen molar-refractivity contribution in [2.75, 3.05) is 18.6 Å². The summed E-state index contributed by atoms with van der Waals surface area (Å²) in [6.07, 6.45) is 3.71. The van der Waals surface area contributed by atoms with Crippen LogP contribution in [0.4, 0.5) is 10.1 Å². The average molecular weight is 235 g/mol. The maximum absolute atomic E-state index is 12.3. The van der Waals surface area contributed by atoms with E-state index in [1.54, 1.807) is 6.34 Å². The van der Waals surface area contributed by atoms with Gasteiger partial charge in [-0.3, -0.25) is 0 Å². The highest BCUT2D eigenvalue weighted by Crippen LogP contribution is 2.13. The zero-order chi connectivity index (χ0) is 12.7. The third-order valence-electron chi connectivity index (χ3n) is 2.38. The molecular formula is C13H18FN3. The van der Waals surface area contributed by atoms with E-state index in [1.165, 1.54) is 6.20 Å². The smallest absolute Gasteiger partial charge is 0.105 e. The summed E-state index contributed by atoms with van der Waals surface area (Å²) in [5.41, 5.74) is 7.59. The van der Waals surface area contributed by atoms with Crippen molar-refractivity contribution in [3.8, 4) is 0 Å². The monoisotopic (exact) mass is 235 g/mol. The van der Waals surface area contributed by atoms with E-state index in [1.807, 2.05) is 36.2 Å². The van der Waals surface area contributed by atoms with Crippen LogP contribution in [0.1, 0.15) is 5.56 Å². The molecule has 1 unspecified atom stereocenters. The zero-order valence-electron chi connectivity index (χ0n) is 10.0. The molecule has 0 spiro atoms. The summed E-state index contributed by atoms with van der Waals surface area (Å²) < 4.78 is 12.3. The Hall–Kier alpha value is -1.68. The molecule has 3 nitrogen and oxygen atoms in total. The number of hydrogen-bond donors (Lipinski definition) is 1. The standard InChI is InChI=1S/C13H18FN3/c1-3-16-10-17(2)13-6-4-11(5-7-13)8-12(15)9-14/h3-7,10,12H,1,8-9,15H2,2H3. The van der Waals surface area contributed by atoms with Crippen LogP contribution in [0.25, 0.3) is 0 Å². The number of alkyl halides is 1. The van der Waals surface area contributed by atoms with Gasteiger partial charge in [-0.25, -0.2) is 9.38 Å². The Kier molecular flexibility index (Phi) is 5.36. The SMILES string of the molecule is C=CN=CN(C)c1ccc(CC(N)CF)cc1. The lowest BCUT2D eigenvalue weighted by Gasteiger charge is -2.14. The largest absolute Gasteiger partial charge is 0.336 e. The van der Waals surface area contributed by atoms with Gasteiger partial charge in [0.05, 0.1) is 6.34 Å². The highest BCUT2D eigenvalue weighted by atomic mass is 19.1. The first-order valence-electron chi connectivity index (χ1n) is 5.45. The van der Waals surface area contributed by atoms with E-state index in [0.717, 1.165) is 11.3 Å². The molecule has 0 aliphatic carbocycles. The van der Waals surface area contributed by atoms with Gasteiger partial charge in [-0.15, -0.1) is 0 Å². The van der Waals surface area contributed by atoms with Crippen LogP contribution >= 0.6 is 0 Å². The van der Waals surface area contributed by atoms with Crippen molar-refractivity contribution in [2.45, 2.75) is 12.5 Å². The molecule has 1 rings (SSSR count). The number of nitrogens with two attached hydrogens (primary N) is 1. The van der Waals surface area contributed by atoms with Gasteiger partial charge in [0.2, 0.25) is 0 Å². The molecule has 0 bridgehead atoms. The van der Waals surface area contributed by atoms with Crippen LogP contribution in [-0.4, -0.2) is 26.1 Å². The highest BCUT2D eigenvalue weighted by Gasteiger charge is 2.03. The van der Waals surface area contributed by atoms with Crippen molar-refractivity contribution >= 4 is 12.0 Å². The molecular weight excluding hydrogens is 217 g/mol. The summed E-state index contributed by atoms with van der Waals surface area (Å²) in [5, 5.41) is 0. The van der Waals surface area contributed by atoms with Crippen LogP contribution in [0.3, 0.4) is 0 Å². The predicted octanol–water partition coefficient (Wildman–Crippen LogP) is 2.13. The van der Waals surface area contributed by atoms with Gasteiger partial charge in [0.25, 0.3) is 0 Å². The summed E-state index contributed by atoms with van der Waals surface area (Å²) in [4.78, 5) is 5.80.